The fourth-order valence-electron chi connectivity index (χ4n) is 7.09. The van der Waals surface area contributed by atoms with Crippen LogP contribution < -0.4 is 5.32 Å². The first kappa shape index (κ1) is 30.7. The Hall–Kier alpha value is -4.33. The molecule has 1 aromatic heterocycles. The minimum absolute atomic E-state index is 0.0357. The summed E-state index contributed by atoms with van der Waals surface area (Å²) < 4.78 is 0. The van der Waals surface area contributed by atoms with Gasteiger partial charge in [-0.15, -0.1) is 0 Å². The third-order valence-corrected chi connectivity index (χ3v) is 9.31. The highest BCUT2D eigenvalue weighted by Crippen LogP contribution is 2.33. The zero-order chi connectivity index (χ0) is 31.2. The molecule has 1 aliphatic carbocycles. The number of nitrogens with one attached hydrogen (secondary N) is 1. The molecule has 0 unspecified atom stereocenters. The van der Waals surface area contributed by atoms with Crippen LogP contribution in [0.15, 0.2) is 109 Å². The van der Waals surface area contributed by atoms with E-state index in [1.54, 1.807) is 6.20 Å². The maximum absolute atomic E-state index is 13.8. The van der Waals surface area contributed by atoms with Crippen LogP contribution in [-0.4, -0.2) is 56.7 Å². The van der Waals surface area contributed by atoms with Gasteiger partial charge in [-0.3, -0.25) is 14.6 Å². The number of pyridine rings is 1. The van der Waals surface area contributed by atoms with E-state index < -0.39 is 24.2 Å². The molecule has 3 N–H and O–H groups in total. The topological polar surface area (TPSA) is 103 Å². The Morgan fingerprint density at radius 2 is 1.58 bits per heavy atom. The highest BCUT2D eigenvalue weighted by Gasteiger charge is 2.41. The van der Waals surface area contributed by atoms with Gasteiger partial charge >= 0.3 is 0 Å². The van der Waals surface area contributed by atoms with Gasteiger partial charge in [-0.25, -0.2) is 0 Å². The van der Waals surface area contributed by atoms with Crippen LogP contribution in [0.5, 0.6) is 0 Å². The molecular formula is C38H41N3O4. The fraction of sp³-hybridized carbons (Fsp3) is 0.342. The molecule has 2 amide bonds. The van der Waals surface area contributed by atoms with Gasteiger partial charge in [0, 0.05) is 43.2 Å². The summed E-state index contributed by atoms with van der Waals surface area (Å²) in [5.74, 6) is -0.906. The van der Waals surface area contributed by atoms with Crippen LogP contribution >= 0.6 is 0 Å². The molecule has 3 aromatic carbocycles. The van der Waals surface area contributed by atoms with Crippen molar-refractivity contribution >= 4 is 11.8 Å². The number of carbonyl (C=O) groups excluding carboxylic acids is 2. The number of β-amino-alcohol motifs (C(OH)–C–C–N with tert-alkyl or cyclic N) is 1. The van der Waals surface area contributed by atoms with Crippen molar-refractivity contribution in [1.82, 2.24) is 15.2 Å². The number of aliphatic hydroxyl groups excluding tert-OH is 2. The number of carbonyl (C=O) groups is 2. The first-order valence-corrected chi connectivity index (χ1v) is 16.0. The zero-order valence-electron chi connectivity index (χ0n) is 25.4. The standard InChI is InChI=1S/C38H41N3O4/c42-33(25-41-32(20-27-12-5-2-6-13-27)21-31(38(41)45)19-28-14-9-17-39-24-28)22-30(18-26-10-3-1-4-11-26)37(44)40-36-34-16-8-7-15-29(34)23-35(36)43/h1-17,24,30-33,35-36,42-43H,18-23,25H2,(H,40,44)/t30-,31-,32-,33-,35+,36-/m0/s1. The summed E-state index contributed by atoms with van der Waals surface area (Å²) in [6, 6.07) is 31.1. The van der Waals surface area contributed by atoms with Crippen LogP contribution in [0.1, 0.15) is 46.7 Å². The Kier molecular flexibility index (Phi) is 9.67. The molecule has 0 bridgehead atoms. The van der Waals surface area contributed by atoms with Crippen molar-refractivity contribution in [3.05, 3.63) is 137 Å². The van der Waals surface area contributed by atoms with Gasteiger partial charge in [-0.1, -0.05) is 91.0 Å². The summed E-state index contributed by atoms with van der Waals surface area (Å²) in [5.41, 5.74) is 5.13. The largest absolute Gasteiger partial charge is 0.391 e. The molecule has 7 heteroatoms. The van der Waals surface area contributed by atoms with Crippen molar-refractivity contribution in [2.45, 2.75) is 62.8 Å². The molecule has 0 saturated carbocycles. The number of amides is 2. The maximum Gasteiger partial charge on any atom is 0.226 e. The van der Waals surface area contributed by atoms with Gasteiger partial charge in [0.25, 0.3) is 0 Å². The lowest BCUT2D eigenvalue weighted by atomic mass is 9.91. The number of hydrogen-bond acceptors (Lipinski definition) is 5. The van der Waals surface area contributed by atoms with Gasteiger partial charge < -0.3 is 20.4 Å². The Morgan fingerprint density at radius 3 is 2.31 bits per heavy atom. The minimum atomic E-state index is -0.899. The molecule has 0 spiro atoms. The van der Waals surface area contributed by atoms with Gasteiger partial charge in [0.15, 0.2) is 0 Å². The molecule has 6 atom stereocenters. The molecular weight excluding hydrogens is 562 g/mol. The van der Waals surface area contributed by atoms with E-state index in [4.69, 9.17) is 0 Å². The summed E-state index contributed by atoms with van der Waals surface area (Å²) in [6.07, 6.45) is 5.08. The van der Waals surface area contributed by atoms with E-state index in [1.165, 1.54) is 0 Å². The van der Waals surface area contributed by atoms with Crippen LogP contribution in [0, 0.1) is 11.8 Å². The van der Waals surface area contributed by atoms with Crippen molar-refractivity contribution in [2.24, 2.45) is 11.8 Å². The first-order valence-electron chi connectivity index (χ1n) is 16.0. The minimum Gasteiger partial charge on any atom is -0.391 e. The van der Waals surface area contributed by atoms with Gasteiger partial charge in [0.05, 0.1) is 18.2 Å². The average Bonchev–Trinajstić information content (AvgIpc) is 3.52. The number of fused-ring (bicyclic) bond motifs is 1. The lowest BCUT2D eigenvalue weighted by Gasteiger charge is -2.29. The monoisotopic (exact) mass is 603 g/mol. The Bertz CT molecular complexity index is 1570. The molecule has 2 aliphatic rings. The van der Waals surface area contributed by atoms with E-state index in [-0.39, 0.29) is 36.7 Å². The smallest absolute Gasteiger partial charge is 0.226 e. The summed E-state index contributed by atoms with van der Waals surface area (Å²) in [4.78, 5) is 33.7. The number of aromatic nitrogens is 1. The van der Waals surface area contributed by atoms with Crippen LogP contribution in [-0.2, 0) is 35.3 Å². The molecule has 1 aliphatic heterocycles. The zero-order valence-corrected chi connectivity index (χ0v) is 25.4. The number of likely N-dealkylation sites (tertiary alicyclic amines) is 1. The second-order valence-electron chi connectivity index (χ2n) is 12.6. The highest BCUT2D eigenvalue weighted by molar-refractivity contribution is 5.82. The SMILES string of the molecule is O=C(N[C@H]1c2ccccc2C[C@H]1O)[C@@H](Cc1ccccc1)C[C@H](O)CN1C(=O)[C@@H](Cc2cccnc2)C[C@@H]1Cc1ccccc1. The number of nitrogens with zero attached hydrogens (tertiary/aromatic N) is 2. The molecule has 1 saturated heterocycles. The van der Waals surface area contributed by atoms with Crippen molar-refractivity contribution in [3.63, 3.8) is 0 Å². The maximum atomic E-state index is 13.8. The van der Waals surface area contributed by atoms with E-state index in [0.29, 0.717) is 32.1 Å². The summed E-state index contributed by atoms with van der Waals surface area (Å²) >= 11 is 0. The summed E-state index contributed by atoms with van der Waals surface area (Å²) in [6.45, 7) is 0.160. The van der Waals surface area contributed by atoms with Crippen molar-refractivity contribution in [1.29, 1.82) is 0 Å². The van der Waals surface area contributed by atoms with Crippen LogP contribution in [0.25, 0.3) is 0 Å². The van der Waals surface area contributed by atoms with E-state index in [1.807, 2.05) is 96.0 Å². The second kappa shape index (κ2) is 14.2. The van der Waals surface area contributed by atoms with Gasteiger partial charge in [-0.2, -0.15) is 0 Å². The molecule has 2 heterocycles. The van der Waals surface area contributed by atoms with E-state index in [0.717, 1.165) is 27.8 Å². The Balaban J connectivity index is 1.18. The number of aliphatic hydroxyl groups is 2. The molecule has 232 valence electrons. The molecule has 7 nitrogen and oxygen atoms in total. The lowest BCUT2D eigenvalue weighted by molar-refractivity contribution is -0.133. The first-order chi connectivity index (χ1) is 21.9. The third-order valence-electron chi connectivity index (χ3n) is 9.31. The predicted molar refractivity (Wildman–Crippen MR) is 173 cm³/mol. The third kappa shape index (κ3) is 7.49. The van der Waals surface area contributed by atoms with E-state index in [9.17, 15) is 19.8 Å². The highest BCUT2D eigenvalue weighted by atomic mass is 16.3. The van der Waals surface area contributed by atoms with Crippen LogP contribution in [0.2, 0.25) is 0 Å². The molecule has 6 rings (SSSR count). The summed E-state index contributed by atoms with van der Waals surface area (Å²) in [5, 5.41) is 25.4. The normalized spacial score (nSPS) is 22.2. The molecule has 45 heavy (non-hydrogen) atoms. The number of hydrogen-bond donors (Lipinski definition) is 3. The Morgan fingerprint density at radius 1 is 0.889 bits per heavy atom. The lowest BCUT2D eigenvalue weighted by Crippen LogP contribution is -2.43. The van der Waals surface area contributed by atoms with Crippen molar-refractivity contribution < 1.29 is 19.8 Å². The Labute approximate surface area is 265 Å². The fourth-order valence-corrected chi connectivity index (χ4v) is 7.09. The van der Waals surface area contributed by atoms with Gasteiger partial charge in [-0.05, 0) is 66.0 Å². The van der Waals surface area contributed by atoms with E-state index in [2.05, 4.69) is 22.4 Å². The van der Waals surface area contributed by atoms with Crippen LogP contribution in [0.3, 0.4) is 0 Å². The summed E-state index contributed by atoms with van der Waals surface area (Å²) in [7, 11) is 0. The molecule has 1 fully saturated rings. The van der Waals surface area contributed by atoms with Crippen molar-refractivity contribution in [3.8, 4) is 0 Å². The van der Waals surface area contributed by atoms with Crippen molar-refractivity contribution in [2.75, 3.05) is 6.54 Å². The molecule has 0 radical (unpaired) electrons. The average molecular weight is 604 g/mol. The quantitative estimate of drug-likeness (QED) is 0.222. The van der Waals surface area contributed by atoms with Crippen LogP contribution in [0.4, 0.5) is 0 Å². The van der Waals surface area contributed by atoms with Gasteiger partial charge in [0.2, 0.25) is 11.8 Å². The number of benzene rings is 3. The van der Waals surface area contributed by atoms with E-state index >= 15 is 0 Å². The predicted octanol–water partition coefficient (Wildman–Crippen LogP) is 4.47. The second-order valence-corrected chi connectivity index (χ2v) is 12.6. The molecule has 4 aromatic rings. The van der Waals surface area contributed by atoms with Gasteiger partial charge in [0.1, 0.15) is 0 Å². The number of rotatable bonds is 12.